The van der Waals surface area contributed by atoms with E-state index in [1.54, 1.807) is 29.6 Å². The zero-order valence-electron chi connectivity index (χ0n) is 14.6. The van der Waals surface area contributed by atoms with E-state index in [4.69, 9.17) is 22.7 Å². The Balaban J connectivity index is 2.32. The van der Waals surface area contributed by atoms with Crippen LogP contribution in [0.2, 0.25) is 5.02 Å². The Bertz CT molecular complexity index is 1290. The number of thiophene rings is 1. The molecule has 0 aliphatic carbocycles. The van der Waals surface area contributed by atoms with Crippen LogP contribution in [0, 0.1) is 5.41 Å². The minimum atomic E-state index is -3.88. The zero-order valence-corrected chi connectivity index (χ0v) is 18.6. The van der Waals surface area contributed by atoms with Crippen LogP contribution in [-0.4, -0.2) is 40.2 Å². The molecule has 0 atom stereocenters. The molecule has 0 radical (unpaired) electrons. The van der Waals surface area contributed by atoms with Gasteiger partial charge in [0.15, 0.2) is 19.7 Å². The van der Waals surface area contributed by atoms with Gasteiger partial charge in [-0.1, -0.05) is 23.7 Å². The Morgan fingerprint density at radius 3 is 2.21 bits per heavy atom. The van der Waals surface area contributed by atoms with Crippen molar-refractivity contribution in [1.82, 2.24) is 4.98 Å². The second kappa shape index (κ2) is 7.23. The van der Waals surface area contributed by atoms with Crippen molar-refractivity contribution in [1.29, 1.82) is 5.41 Å². The summed E-state index contributed by atoms with van der Waals surface area (Å²) in [6, 6.07) is 6.89. The highest BCUT2D eigenvalue weighted by Crippen LogP contribution is 2.44. The molecule has 28 heavy (non-hydrogen) atoms. The molecule has 0 spiro atoms. The van der Waals surface area contributed by atoms with Crippen molar-refractivity contribution in [2.45, 2.75) is 9.10 Å². The molecule has 148 valence electrons. The summed E-state index contributed by atoms with van der Waals surface area (Å²) in [5, 5.41) is 10.2. The highest BCUT2D eigenvalue weighted by molar-refractivity contribution is 7.93. The first-order valence-corrected chi connectivity index (χ1v) is 13.4. The second-order valence-corrected chi connectivity index (χ2v) is 12.4. The smallest absolute Gasteiger partial charge is 0.185 e. The largest absolute Gasteiger partial charge is 0.383 e. The summed E-state index contributed by atoms with van der Waals surface area (Å²) in [6.07, 6.45) is 1.93. The molecule has 0 amide bonds. The lowest BCUT2D eigenvalue weighted by Gasteiger charge is -2.04. The fourth-order valence-corrected chi connectivity index (χ4v) is 7.66. The number of halogens is 1. The summed E-state index contributed by atoms with van der Waals surface area (Å²) in [6.45, 7) is 0. The predicted octanol–water partition coefficient (Wildman–Crippen LogP) is 3.28. The molecule has 3 N–H and O–H groups in total. The summed E-state index contributed by atoms with van der Waals surface area (Å²) < 4.78 is 49.3. The van der Waals surface area contributed by atoms with Gasteiger partial charge in [0.25, 0.3) is 0 Å². The summed E-state index contributed by atoms with van der Waals surface area (Å²) in [7, 11) is -7.67. The maximum atomic E-state index is 12.4. The van der Waals surface area contributed by atoms with Crippen molar-refractivity contribution >= 4 is 59.8 Å². The highest BCUT2D eigenvalue weighted by atomic mass is 35.5. The standard InChI is InChI=1S/C16H14ClN3O4S4/c1-27(21,22)13-11(16(28(2,23)24)26-12(13)14(18)19)15-20-10(7-25-15)8-3-5-9(17)6-4-8/h3-7H,1-2H3,(H3,18,19). The van der Waals surface area contributed by atoms with Crippen LogP contribution in [0.1, 0.15) is 4.88 Å². The molecule has 0 unspecified atom stereocenters. The molecule has 2 heterocycles. The Hall–Kier alpha value is -1.79. The lowest BCUT2D eigenvalue weighted by Crippen LogP contribution is -2.13. The average molecular weight is 476 g/mol. The van der Waals surface area contributed by atoms with E-state index in [2.05, 4.69) is 4.98 Å². The normalized spacial score (nSPS) is 12.2. The Labute approximate surface area is 175 Å². The van der Waals surface area contributed by atoms with E-state index in [-0.39, 0.29) is 24.6 Å². The fraction of sp³-hybridized carbons (Fsp3) is 0.125. The van der Waals surface area contributed by atoms with Gasteiger partial charge in [-0.15, -0.1) is 22.7 Å². The van der Waals surface area contributed by atoms with Crippen LogP contribution in [0.15, 0.2) is 38.8 Å². The monoisotopic (exact) mass is 475 g/mol. The SMILES string of the molecule is CS(=O)(=O)c1sc(C(=N)N)c(S(C)(=O)=O)c1-c1nc(-c2ccc(Cl)cc2)cs1. The zero-order chi connectivity index (χ0) is 20.9. The van der Waals surface area contributed by atoms with Gasteiger partial charge < -0.3 is 5.73 Å². The average Bonchev–Trinajstić information content (AvgIpc) is 3.19. The third kappa shape index (κ3) is 3.98. The van der Waals surface area contributed by atoms with Crippen LogP contribution in [0.4, 0.5) is 0 Å². The molecule has 3 aromatic rings. The third-order valence-electron chi connectivity index (χ3n) is 3.64. The van der Waals surface area contributed by atoms with Crippen LogP contribution >= 0.6 is 34.3 Å². The lowest BCUT2D eigenvalue weighted by atomic mass is 10.2. The van der Waals surface area contributed by atoms with Gasteiger partial charge in [0.05, 0.1) is 21.0 Å². The first-order chi connectivity index (χ1) is 12.9. The predicted molar refractivity (Wildman–Crippen MR) is 113 cm³/mol. The Morgan fingerprint density at radius 2 is 1.71 bits per heavy atom. The van der Waals surface area contributed by atoms with Crippen LogP contribution in [0.3, 0.4) is 0 Å². The number of aromatic nitrogens is 1. The summed E-state index contributed by atoms with van der Waals surface area (Å²) in [4.78, 5) is 4.04. The molecular formula is C16H14ClN3O4S4. The molecule has 12 heteroatoms. The number of nitrogens with one attached hydrogen (secondary N) is 1. The minimum absolute atomic E-state index is 0.0367. The second-order valence-electron chi connectivity index (χ2n) is 5.93. The highest BCUT2D eigenvalue weighted by Gasteiger charge is 2.33. The van der Waals surface area contributed by atoms with E-state index < -0.39 is 25.5 Å². The van der Waals surface area contributed by atoms with Crippen molar-refractivity contribution in [3.05, 3.63) is 39.5 Å². The maximum Gasteiger partial charge on any atom is 0.185 e. The molecule has 0 aliphatic heterocycles. The first kappa shape index (κ1) is 20.9. The molecule has 2 aromatic heterocycles. The molecule has 0 saturated carbocycles. The van der Waals surface area contributed by atoms with Crippen LogP contribution in [0.25, 0.3) is 21.8 Å². The number of nitrogens with two attached hydrogens (primary N) is 1. The molecule has 3 rings (SSSR count). The van der Waals surface area contributed by atoms with Crippen molar-refractivity contribution in [2.75, 3.05) is 12.5 Å². The van der Waals surface area contributed by atoms with E-state index >= 15 is 0 Å². The van der Waals surface area contributed by atoms with Gasteiger partial charge in [-0.2, -0.15) is 0 Å². The van der Waals surface area contributed by atoms with Crippen LogP contribution in [-0.2, 0) is 19.7 Å². The van der Waals surface area contributed by atoms with Crippen molar-refractivity contribution in [3.8, 4) is 21.8 Å². The Morgan fingerprint density at radius 1 is 1.11 bits per heavy atom. The molecule has 0 aliphatic rings. The number of hydrogen-bond acceptors (Lipinski definition) is 8. The molecule has 0 bridgehead atoms. The van der Waals surface area contributed by atoms with Gasteiger partial charge in [-0.25, -0.2) is 21.8 Å². The molecule has 1 aromatic carbocycles. The van der Waals surface area contributed by atoms with Gasteiger partial charge >= 0.3 is 0 Å². The minimum Gasteiger partial charge on any atom is -0.383 e. The number of benzene rings is 1. The summed E-state index contributed by atoms with van der Waals surface area (Å²) in [5.41, 5.74) is 6.79. The number of nitrogens with zero attached hydrogens (tertiary/aromatic N) is 1. The van der Waals surface area contributed by atoms with Gasteiger partial charge in [-0.05, 0) is 12.1 Å². The molecule has 0 fully saturated rings. The number of rotatable bonds is 5. The summed E-state index contributed by atoms with van der Waals surface area (Å²) >= 11 is 7.66. The first-order valence-electron chi connectivity index (χ1n) is 7.52. The number of amidine groups is 1. The van der Waals surface area contributed by atoms with E-state index in [1.165, 1.54) is 0 Å². The van der Waals surface area contributed by atoms with Crippen molar-refractivity contribution < 1.29 is 16.8 Å². The topological polar surface area (TPSA) is 131 Å². The number of hydrogen-bond donors (Lipinski definition) is 2. The van der Waals surface area contributed by atoms with E-state index in [9.17, 15) is 16.8 Å². The number of sulfone groups is 2. The quantitative estimate of drug-likeness (QED) is 0.430. The lowest BCUT2D eigenvalue weighted by molar-refractivity contribution is 0.602. The maximum absolute atomic E-state index is 12.4. The van der Waals surface area contributed by atoms with Gasteiger partial charge in [0.1, 0.15) is 15.1 Å². The van der Waals surface area contributed by atoms with Gasteiger partial charge in [0, 0.05) is 28.5 Å². The molecular weight excluding hydrogens is 462 g/mol. The van der Waals surface area contributed by atoms with Crippen molar-refractivity contribution in [3.63, 3.8) is 0 Å². The summed E-state index contributed by atoms with van der Waals surface area (Å²) in [5.74, 6) is -0.518. The molecule has 7 nitrogen and oxygen atoms in total. The van der Waals surface area contributed by atoms with Crippen LogP contribution < -0.4 is 5.73 Å². The number of thiazole rings is 1. The third-order valence-corrected chi connectivity index (χ3v) is 9.09. The molecule has 0 saturated heterocycles. The number of nitrogen functional groups attached to an aromatic ring is 1. The van der Waals surface area contributed by atoms with Gasteiger partial charge in [-0.3, -0.25) is 5.41 Å². The van der Waals surface area contributed by atoms with E-state index in [0.717, 1.165) is 29.4 Å². The van der Waals surface area contributed by atoms with Crippen LogP contribution in [0.5, 0.6) is 0 Å². The van der Waals surface area contributed by atoms with Gasteiger partial charge in [0.2, 0.25) is 0 Å². The van der Waals surface area contributed by atoms with E-state index in [1.807, 2.05) is 0 Å². The van der Waals surface area contributed by atoms with E-state index in [0.29, 0.717) is 22.1 Å². The Kier molecular flexibility index (Phi) is 5.40. The fourth-order valence-electron chi connectivity index (χ4n) is 2.51. The van der Waals surface area contributed by atoms with Crippen molar-refractivity contribution in [2.24, 2.45) is 5.73 Å².